The van der Waals surface area contributed by atoms with E-state index in [9.17, 15) is 0 Å². The van der Waals surface area contributed by atoms with Gasteiger partial charge in [-0.15, -0.1) is 6.58 Å². The molecule has 172 valence electrons. The highest BCUT2D eigenvalue weighted by atomic mass is 35.5. The van der Waals surface area contributed by atoms with E-state index in [2.05, 4.69) is 55.3 Å². The minimum absolute atomic E-state index is 0.107. The number of hydrogen-bond acceptors (Lipinski definition) is 5. The summed E-state index contributed by atoms with van der Waals surface area (Å²) in [5, 5.41) is 7.81. The lowest BCUT2D eigenvalue weighted by atomic mass is 9.87. The molecule has 0 atom stereocenters. The summed E-state index contributed by atoms with van der Waals surface area (Å²) in [6, 6.07) is 11.6. The highest BCUT2D eigenvalue weighted by molar-refractivity contribution is 7.80. The minimum Gasteiger partial charge on any atom is -0.493 e. The molecule has 8 heteroatoms. The van der Waals surface area contributed by atoms with E-state index in [4.69, 9.17) is 38.0 Å². The van der Waals surface area contributed by atoms with Gasteiger partial charge in [-0.1, -0.05) is 50.6 Å². The summed E-state index contributed by atoms with van der Waals surface area (Å²) in [6.45, 7) is 11.4. The average Bonchev–Trinajstić information content (AvgIpc) is 2.75. The summed E-state index contributed by atoms with van der Waals surface area (Å²) in [7, 11) is 1.55. The van der Waals surface area contributed by atoms with Gasteiger partial charge in [0.1, 0.15) is 19.0 Å². The molecule has 0 heterocycles. The molecule has 2 aromatic carbocycles. The van der Waals surface area contributed by atoms with Crippen molar-refractivity contribution in [3.8, 4) is 17.2 Å². The fraction of sp³-hybridized carbons (Fsp3) is 0.333. The molecule has 2 N–H and O–H groups in total. The quantitative estimate of drug-likeness (QED) is 0.164. The molecule has 0 aliphatic rings. The van der Waals surface area contributed by atoms with Gasteiger partial charge >= 0.3 is 0 Å². The largest absolute Gasteiger partial charge is 0.493 e. The van der Waals surface area contributed by atoms with E-state index in [0.717, 1.165) is 11.3 Å². The van der Waals surface area contributed by atoms with Crippen molar-refractivity contribution in [3.05, 3.63) is 65.2 Å². The van der Waals surface area contributed by atoms with Crippen LogP contribution in [0.5, 0.6) is 17.2 Å². The third kappa shape index (κ3) is 8.05. The molecule has 2 aromatic rings. The summed E-state index contributed by atoms with van der Waals surface area (Å²) in [6.07, 6.45) is 3.29. The highest BCUT2D eigenvalue weighted by Crippen LogP contribution is 2.36. The van der Waals surface area contributed by atoms with Crippen LogP contribution in [0, 0.1) is 0 Å². The first-order chi connectivity index (χ1) is 15.2. The third-order valence-electron chi connectivity index (χ3n) is 4.36. The van der Waals surface area contributed by atoms with E-state index >= 15 is 0 Å². The van der Waals surface area contributed by atoms with E-state index in [-0.39, 0.29) is 5.41 Å². The van der Waals surface area contributed by atoms with Crippen LogP contribution in [0.3, 0.4) is 0 Å². The SMILES string of the molecule is C=CCNC(=S)N/N=C\c1cc(Cl)c(OCCOc2ccc(C(C)(C)C)cc2)c(OC)c1. The van der Waals surface area contributed by atoms with Gasteiger partial charge in [0.25, 0.3) is 0 Å². The first-order valence-corrected chi connectivity index (χ1v) is 10.9. The predicted octanol–water partition coefficient (Wildman–Crippen LogP) is 5.09. The minimum atomic E-state index is 0.107. The van der Waals surface area contributed by atoms with Gasteiger partial charge < -0.3 is 19.5 Å². The van der Waals surface area contributed by atoms with Gasteiger partial charge in [0.2, 0.25) is 0 Å². The second kappa shape index (κ2) is 12.3. The number of methoxy groups -OCH3 is 1. The lowest BCUT2D eigenvalue weighted by Gasteiger charge is -2.19. The van der Waals surface area contributed by atoms with E-state index in [0.29, 0.717) is 41.4 Å². The predicted molar refractivity (Wildman–Crippen MR) is 136 cm³/mol. The van der Waals surface area contributed by atoms with Crippen LogP contribution in [0.15, 0.2) is 54.2 Å². The maximum atomic E-state index is 6.40. The van der Waals surface area contributed by atoms with Crippen LogP contribution < -0.4 is 25.0 Å². The van der Waals surface area contributed by atoms with E-state index in [1.54, 1.807) is 31.5 Å². The van der Waals surface area contributed by atoms with Gasteiger partial charge in [0, 0.05) is 6.54 Å². The van der Waals surface area contributed by atoms with Crippen LogP contribution in [0.25, 0.3) is 0 Å². The standard InChI is InChI=1S/C24H30ClN3O3S/c1-6-11-26-23(32)28-27-16-17-14-20(25)22(21(15-17)29-5)31-13-12-30-19-9-7-18(8-10-19)24(2,3)4/h6-10,14-16H,1,11-13H2,2-5H3,(H2,26,28,32)/b27-16-. The van der Waals surface area contributed by atoms with Crippen molar-refractivity contribution in [2.45, 2.75) is 26.2 Å². The summed E-state index contributed by atoms with van der Waals surface area (Å²) in [5.74, 6) is 1.74. The van der Waals surface area contributed by atoms with Crippen LogP contribution in [-0.4, -0.2) is 38.2 Å². The van der Waals surface area contributed by atoms with Crippen LogP contribution in [0.2, 0.25) is 5.02 Å². The Labute approximate surface area is 200 Å². The van der Waals surface area contributed by atoms with Crippen molar-refractivity contribution in [3.63, 3.8) is 0 Å². The van der Waals surface area contributed by atoms with Gasteiger partial charge in [-0.2, -0.15) is 5.10 Å². The smallest absolute Gasteiger partial charge is 0.187 e. The van der Waals surface area contributed by atoms with E-state index in [1.807, 2.05) is 12.1 Å². The summed E-state index contributed by atoms with van der Waals surface area (Å²) < 4.78 is 17.0. The summed E-state index contributed by atoms with van der Waals surface area (Å²) in [5.41, 5.74) is 4.81. The number of thiocarbonyl (C=S) groups is 1. The number of benzene rings is 2. The highest BCUT2D eigenvalue weighted by Gasteiger charge is 2.14. The fourth-order valence-electron chi connectivity index (χ4n) is 2.68. The maximum Gasteiger partial charge on any atom is 0.187 e. The van der Waals surface area contributed by atoms with Crippen molar-refractivity contribution in [1.29, 1.82) is 0 Å². The number of hydrazone groups is 1. The molecule has 0 aliphatic heterocycles. The zero-order valence-electron chi connectivity index (χ0n) is 18.9. The molecule has 2 rings (SSSR count). The second-order valence-corrected chi connectivity index (χ2v) is 8.69. The fourth-order valence-corrected chi connectivity index (χ4v) is 3.09. The van der Waals surface area contributed by atoms with Crippen molar-refractivity contribution < 1.29 is 14.2 Å². The van der Waals surface area contributed by atoms with Crippen LogP contribution in [0.4, 0.5) is 0 Å². The Hall–Kier alpha value is -2.77. The normalized spacial score (nSPS) is 11.2. The molecule has 32 heavy (non-hydrogen) atoms. The van der Waals surface area contributed by atoms with Gasteiger partial charge in [-0.3, -0.25) is 5.43 Å². The molecule has 0 amide bonds. The van der Waals surface area contributed by atoms with Crippen LogP contribution in [0.1, 0.15) is 31.9 Å². The molecule has 0 radical (unpaired) electrons. The molecule has 0 unspecified atom stereocenters. The molecular weight excluding hydrogens is 446 g/mol. The molecule has 0 aliphatic carbocycles. The van der Waals surface area contributed by atoms with E-state index < -0.39 is 0 Å². The number of hydrogen-bond donors (Lipinski definition) is 2. The maximum absolute atomic E-state index is 6.40. The zero-order valence-corrected chi connectivity index (χ0v) is 20.5. The Bertz CT molecular complexity index is 941. The van der Waals surface area contributed by atoms with Gasteiger partial charge in [0.05, 0.1) is 18.3 Å². The second-order valence-electron chi connectivity index (χ2n) is 7.87. The average molecular weight is 476 g/mol. The molecular formula is C24H30ClN3O3S. The Kier molecular flexibility index (Phi) is 9.81. The van der Waals surface area contributed by atoms with Crippen LogP contribution in [-0.2, 0) is 5.41 Å². The molecule has 0 saturated heterocycles. The van der Waals surface area contributed by atoms with Gasteiger partial charge in [-0.25, -0.2) is 0 Å². The van der Waals surface area contributed by atoms with E-state index in [1.165, 1.54) is 5.56 Å². The van der Waals surface area contributed by atoms with Crippen molar-refractivity contribution in [1.82, 2.24) is 10.7 Å². The number of nitrogens with zero attached hydrogens (tertiary/aromatic N) is 1. The lowest BCUT2D eigenvalue weighted by molar-refractivity contribution is 0.211. The van der Waals surface area contributed by atoms with Crippen molar-refractivity contribution >= 4 is 35.1 Å². The zero-order chi connectivity index (χ0) is 23.6. The molecule has 0 saturated carbocycles. The monoisotopic (exact) mass is 475 g/mol. The Morgan fingerprint density at radius 3 is 2.47 bits per heavy atom. The van der Waals surface area contributed by atoms with Crippen molar-refractivity contribution in [2.24, 2.45) is 5.10 Å². The first-order valence-electron chi connectivity index (χ1n) is 10.2. The molecule has 0 fully saturated rings. The molecule has 0 bridgehead atoms. The van der Waals surface area contributed by atoms with Crippen molar-refractivity contribution in [2.75, 3.05) is 26.9 Å². The Morgan fingerprint density at radius 1 is 1.16 bits per heavy atom. The third-order valence-corrected chi connectivity index (χ3v) is 4.87. The Morgan fingerprint density at radius 2 is 1.84 bits per heavy atom. The number of nitrogens with one attached hydrogen (secondary N) is 2. The Balaban J connectivity index is 1.91. The van der Waals surface area contributed by atoms with Crippen LogP contribution >= 0.6 is 23.8 Å². The molecule has 6 nitrogen and oxygen atoms in total. The molecule has 0 aromatic heterocycles. The topological polar surface area (TPSA) is 64.1 Å². The number of ether oxygens (including phenoxy) is 3. The molecule has 0 spiro atoms. The first kappa shape index (κ1) is 25.5. The van der Waals surface area contributed by atoms with Gasteiger partial charge in [-0.05, 0) is 53.0 Å². The summed E-state index contributed by atoms with van der Waals surface area (Å²) >= 11 is 11.5. The summed E-state index contributed by atoms with van der Waals surface area (Å²) in [4.78, 5) is 0. The van der Waals surface area contributed by atoms with Gasteiger partial charge in [0.15, 0.2) is 16.6 Å². The number of halogens is 1. The lowest BCUT2D eigenvalue weighted by Crippen LogP contribution is -2.31. The number of rotatable bonds is 10.